The summed E-state index contributed by atoms with van der Waals surface area (Å²) in [5.74, 6) is 0.493. The van der Waals surface area contributed by atoms with Crippen LogP contribution in [-0.4, -0.2) is 16.5 Å². The molecule has 2 aromatic rings. The second-order valence-electron chi connectivity index (χ2n) is 4.53. The Kier molecular flexibility index (Phi) is 4.74. The van der Waals surface area contributed by atoms with Gasteiger partial charge in [-0.1, -0.05) is 0 Å². The largest absolute Gasteiger partial charge is 0.494 e. The summed E-state index contributed by atoms with van der Waals surface area (Å²) in [6, 6.07) is 4.72. The Bertz CT molecular complexity index is 642. The summed E-state index contributed by atoms with van der Waals surface area (Å²) in [4.78, 5) is 15.2. The quantitative estimate of drug-likeness (QED) is 0.646. The molecule has 0 fully saturated rings. The molecule has 0 aliphatic carbocycles. The third-order valence-corrected chi connectivity index (χ3v) is 3.72. The highest BCUT2D eigenvalue weighted by atomic mass is 32.1. The molecule has 0 amide bonds. The molecule has 1 N–H and O–H groups in total. The Morgan fingerprint density at radius 1 is 1.52 bits per heavy atom. The lowest BCUT2D eigenvalue weighted by molar-refractivity contribution is -0.384. The Hall–Kier alpha value is -2.15. The first kappa shape index (κ1) is 15.2. The average molecular weight is 307 g/mol. The van der Waals surface area contributed by atoms with Crippen molar-refractivity contribution in [1.82, 2.24) is 4.98 Å². The Morgan fingerprint density at radius 3 is 2.86 bits per heavy atom. The number of nitrogens with one attached hydrogen (secondary N) is 1. The first-order valence-corrected chi connectivity index (χ1v) is 7.49. The van der Waals surface area contributed by atoms with Gasteiger partial charge in [-0.25, -0.2) is 4.98 Å². The topological polar surface area (TPSA) is 77.3 Å². The van der Waals surface area contributed by atoms with E-state index in [-0.39, 0.29) is 11.7 Å². The molecule has 1 atom stereocenters. The van der Waals surface area contributed by atoms with Crippen molar-refractivity contribution in [2.75, 3.05) is 11.9 Å². The summed E-state index contributed by atoms with van der Waals surface area (Å²) < 4.78 is 5.30. The molecule has 0 aliphatic rings. The summed E-state index contributed by atoms with van der Waals surface area (Å²) >= 11 is 1.56. The van der Waals surface area contributed by atoms with Crippen molar-refractivity contribution < 1.29 is 9.66 Å². The predicted molar refractivity (Wildman–Crippen MR) is 83.2 cm³/mol. The molecule has 1 aromatic carbocycles. The molecule has 21 heavy (non-hydrogen) atoms. The maximum atomic E-state index is 11.2. The van der Waals surface area contributed by atoms with Gasteiger partial charge < -0.3 is 10.1 Å². The fourth-order valence-electron chi connectivity index (χ4n) is 1.93. The van der Waals surface area contributed by atoms with Crippen LogP contribution in [0.2, 0.25) is 0 Å². The van der Waals surface area contributed by atoms with Crippen LogP contribution in [0.15, 0.2) is 23.6 Å². The van der Waals surface area contributed by atoms with Crippen molar-refractivity contribution in [3.63, 3.8) is 0 Å². The highest BCUT2D eigenvalue weighted by Gasteiger charge is 2.18. The molecule has 1 heterocycles. The van der Waals surface area contributed by atoms with E-state index in [1.165, 1.54) is 6.07 Å². The molecule has 1 unspecified atom stereocenters. The van der Waals surface area contributed by atoms with E-state index in [9.17, 15) is 10.1 Å². The number of aromatic nitrogens is 1. The predicted octanol–water partition coefficient (Wildman–Crippen LogP) is 3.93. The SMILES string of the molecule is CCOc1ccc(NC(C)c2csc(C)n2)c([N+](=O)[O-])c1. The molecular formula is C14H17N3O3S. The van der Waals surface area contributed by atoms with Crippen molar-refractivity contribution in [2.45, 2.75) is 26.8 Å². The minimum atomic E-state index is -0.413. The van der Waals surface area contributed by atoms with Gasteiger partial charge in [0.2, 0.25) is 0 Å². The van der Waals surface area contributed by atoms with E-state index >= 15 is 0 Å². The number of ether oxygens (including phenoxy) is 1. The van der Waals surface area contributed by atoms with E-state index in [2.05, 4.69) is 10.3 Å². The van der Waals surface area contributed by atoms with Crippen LogP contribution in [0.1, 0.15) is 30.6 Å². The van der Waals surface area contributed by atoms with Crippen LogP contribution in [0.4, 0.5) is 11.4 Å². The van der Waals surface area contributed by atoms with E-state index in [0.29, 0.717) is 18.0 Å². The lowest BCUT2D eigenvalue weighted by atomic mass is 10.2. The summed E-state index contributed by atoms with van der Waals surface area (Å²) in [7, 11) is 0. The first-order valence-electron chi connectivity index (χ1n) is 6.61. The highest BCUT2D eigenvalue weighted by molar-refractivity contribution is 7.09. The molecule has 0 saturated carbocycles. The van der Waals surface area contributed by atoms with Crippen molar-refractivity contribution in [1.29, 1.82) is 0 Å². The van der Waals surface area contributed by atoms with Gasteiger partial charge in [0.05, 0.1) is 34.3 Å². The first-order chi connectivity index (χ1) is 10.0. The van der Waals surface area contributed by atoms with E-state index in [0.717, 1.165) is 10.7 Å². The van der Waals surface area contributed by atoms with Gasteiger partial charge in [0.25, 0.3) is 5.69 Å². The molecule has 112 valence electrons. The van der Waals surface area contributed by atoms with Gasteiger partial charge in [0, 0.05) is 5.38 Å². The van der Waals surface area contributed by atoms with Gasteiger partial charge in [-0.2, -0.15) is 0 Å². The molecule has 7 heteroatoms. The zero-order valence-corrected chi connectivity index (χ0v) is 12.9. The van der Waals surface area contributed by atoms with Crippen LogP contribution >= 0.6 is 11.3 Å². The van der Waals surface area contributed by atoms with Gasteiger partial charge in [-0.15, -0.1) is 11.3 Å². The standard InChI is InChI=1S/C14H17N3O3S/c1-4-20-11-5-6-12(14(7-11)17(18)19)15-9(2)13-8-21-10(3)16-13/h5-9,15H,4H2,1-3H3. The van der Waals surface area contributed by atoms with E-state index in [1.54, 1.807) is 23.5 Å². The van der Waals surface area contributed by atoms with Crippen molar-refractivity contribution >= 4 is 22.7 Å². The lowest BCUT2D eigenvalue weighted by Crippen LogP contribution is -2.09. The Balaban J connectivity index is 2.24. The number of nitro groups is 1. The second kappa shape index (κ2) is 6.53. The molecule has 0 radical (unpaired) electrons. The van der Waals surface area contributed by atoms with Gasteiger partial charge >= 0.3 is 0 Å². The fourth-order valence-corrected chi connectivity index (χ4v) is 2.63. The monoisotopic (exact) mass is 307 g/mol. The normalized spacial score (nSPS) is 12.0. The third-order valence-electron chi connectivity index (χ3n) is 2.93. The van der Waals surface area contributed by atoms with Crippen molar-refractivity contribution in [2.24, 2.45) is 0 Å². The van der Waals surface area contributed by atoms with Crippen LogP contribution in [0, 0.1) is 17.0 Å². The van der Waals surface area contributed by atoms with Crippen LogP contribution in [0.25, 0.3) is 0 Å². The minimum absolute atomic E-state index is 0.000230. The third kappa shape index (κ3) is 3.69. The van der Waals surface area contributed by atoms with Crippen molar-refractivity contribution in [3.05, 3.63) is 44.4 Å². The van der Waals surface area contributed by atoms with E-state index in [4.69, 9.17) is 4.74 Å². The number of aryl methyl sites for hydroxylation is 1. The van der Waals surface area contributed by atoms with E-state index in [1.807, 2.05) is 26.2 Å². The van der Waals surface area contributed by atoms with Gasteiger partial charge in [0.1, 0.15) is 11.4 Å². The highest BCUT2D eigenvalue weighted by Crippen LogP contribution is 2.32. The maximum Gasteiger partial charge on any atom is 0.296 e. The van der Waals surface area contributed by atoms with Gasteiger partial charge in [-0.05, 0) is 32.9 Å². The molecule has 2 rings (SSSR count). The number of benzene rings is 1. The molecule has 0 saturated heterocycles. The average Bonchev–Trinajstić information content (AvgIpc) is 2.87. The van der Waals surface area contributed by atoms with E-state index < -0.39 is 4.92 Å². The molecule has 0 aliphatic heterocycles. The number of hydrogen-bond donors (Lipinski definition) is 1. The zero-order chi connectivity index (χ0) is 15.4. The van der Waals surface area contributed by atoms with Gasteiger partial charge in [0.15, 0.2) is 0 Å². The number of nitro benzene ring substituents is 1. The fraction of sp³-hybridized carbons (Fsp3) is 0.357. The Labute approximate surface area is 126 Å². The number of nitrogens with zero attached hydrogens (tertiary/aromatic N) is 2. The number of thiazole rings is 1. The second-order valence-corrected chi connectivity index (χ2v) is 5.59. The summed E-state index contributed by atoms with van der Waals surface area (Å²) in [6.45, 7) is 6.16. The molecule has 1 aromatic heterocycles. The molecule has 0 bridgehead atoms. The van der Waals surface area contributed by atoms with Crippen LogP contribution in [-0.2, 0) is 0 Å². The lowest BCUT2D eigenvalue weighted by Gasteiger charge is -2.14. The number of anilines is 1. The molecule has 0 spiro atoms. The molecular weight excluding hydrogens is 290 g/mol. The smallest absolute Gasteiger partial charge is 0.296 e. The number of rotatable bonds is 6. The zero-order valence-electron chi connectivity index (χ0n) is 12.1. The Morgan fingerprint density at radius 2 is 2.29 bits per heavy atom. The van der Waals surface area contributed by atoms with Crippen LogP contribution in [0.3, 0.4) is 0 Å². The molecule has 6 nitrogen and oxygen atoms in total. The minimum Gasteiger partial charge on any atom is -0.494 e. The number of hydrogen-bond acceptors (Lipinski definition) is 6. The summed E-state index contributed by atoms with van der Waals surface area (Å²) in [6.07, 6.45) is 0. The van der Waals surface area contributed by atoms with Crippen LogP contribution in [0.5, 0.6) is 5.75 Å². The summed E-state index contributed by atoms with van der Waals surface area (Å²) in [5, 5.41) is 17.3. The van der Waals surface area contributed by atoms with Crippen molar-refractivity contribution in [3.8, 4) is 5.75 Å². The van der Waals surface area contributed by atoms with Gasteiger partial charge in [-0.3, -0.25) is 10.1 Å². The summed E-state index contributed by atoms with van der Waals surface area (Å²) in [5.41, 5.74) is 1.34. The van der Waals surface area contributed by atoms with Crippen LogP contribution < -0.4 is 10.1 Å². The maximum absolute atomic E-state index is 11.2.